The molecule has 0 aliphatic heterocycles. The van der Waals surface area contributed by atoms with Crippen LogP contribution in [0.2, 0.25) is 0 Å². The fraction of sp³-hybridized carbons (Fsp3) is 0.188. The average molecular weight is 293 g/mol. The first-order chi connectivity index (χ1) is 9.80. The number of benzene rings is 2. The Morgan fingerprint density at radius 2 is 1.67 bits per heavy atom. The van der Waals surface area contributed by atoms with Crippen molar-refractivity contribution in [2.75, 3.05) is 19.0 Å². The monoisotopic (exact) mass is 293 g/mol. The number of anilines is 1. The third-order valence-corrected chi connectivity index (χ3v) is 3.10. The van der Waals surface area contributed by atoms with Crippen molar-refractivity contribution in [3.8, 4) is 0 Å². The lowest BCUT2D eigenvalue weighted by Crippen LogP contribution is -2.14. The summed E-state index contributed by atoms with van der Waals surface area (Å²) in [5, 5.41) is 0. The summed E-state index contributed by atoms with van der Waals surface area (Å²) in [6.45, 7) is 0. The van der Waals surface area contributed by atoms with Crippen molar-refractivity contribution in [2.24, 2.45) is 0 Å². The highest BCUT2D eigenvalue weighted by molar-refractivity contribution is 6.10. The molecule has 2 aromatic rings. The van der Waals surface area contributed by atoms with Gasteiger partial charge in [-0.1, -0.05) is 30.3 Å². The fourth-order valence-corrected chi connectivity index (χ4v) is 2.01. The fourth-order valence-electron chi connectivity index (χ4n) is 2.01. The predicted molar refractivity (Wildman–Crippen MR) is 75.6 cm³/mol. The molecule has 2 rings (SSSR count). The van der Waals surface area contributed by atoms with E-state index in [0.29, 0.717) is 0 Å². The number of carbonyl (C=O) groups excluding carboxylic acids is 1. The van der Waals surface area contributed by atoms with E-state index in [-0.39, 0.29) is 11.1 Å². The molecule has 0 aliphatic rings. The van der Waals surface area contributed by atoms with Crippen molar-refractivity contribution in [3.05, 3.63) is 65.2 Å². The van der Waals surface area contributed by atoms with E-state index in [1.807, 2.05) is 0 Å². The number of hydrogen-bond acceptors (Lipinski definition) is 2. The lowest BCUT2D eigenvalue weighted by atomic mass is 9.97. The van der Waals surface area contributed by atoms with Crippen molar-refractivity contribution in [2.45, 2.75) is 6.18 Å². The van der Waals surface area contributed by atoms with E-state index in [9.17, 15) is 18.0 Å². The molecule has 0 radical (unpaired) electrons. The molecule has 0 N–H and O–H groups in total. The summed E-state index contributed by atoms with van der Waals surface area (Å²) in [5.41, 5.74) is -0.255. The molecule has 0 aliphatic carbocycles. The Morgan fingerprint density at radius 3 is 2.29 bits per heavy atom. The lowest BCUT2D eigenvalue weighted by molar-refractivity contribution is -0.137. The molecule has 0 unspecified atom stereocenters. The Labute approximate surface area is 120 Å². The summed E-state index contributed by atoms with van der Waals surface area (Å²) >= 11 is 0. The zero-order valence-corrected chi connectivity index (χ0v) is 11.6. The van der Waals surface area contributed by atoms with Gasteiger partial charge in [-0.15, -0.1) is 0 Å². The highest BCUT2D eigenvalue weighted by Crippen LogP contribution is 2.33. The predicted octanol–water partition coefficient (Wildman–Crippen LogP) is 4.00. The highest BCUT2D eigenvalue weighted by atomic mass is 19.4. The molecule has 5 heteroatoms. The minimum atomic E-state index is -4.55. The summed E-state index contributed by atoms with van der Waals surface area (Å²) < 4.78 is 38.9. The summed E-state index contributed by atoms with van der Waals surface area (Å²) in [7, 11) is 3.60. The number of rotatable bonds is 3. The SMILES string of the molecule is CN(C)c1cccc(C(=O)c2ccccc2C(F)(F)F)c1. The first kappa shape index (κ1) is 15.1. The Balaban J connectivity index is 2.48. The third-order valence-electron chi connectivity index (χ3n) is 3.10. The molecule has 2 nitrogen and oxygen atoms in total. The van der Waals surface area contributed by atoms with Crippen LogP contribution in [0.5, 0.6) is 0 Å². The first-order valence-corrected chi connectivity index (χ1v) is 6.29. The number of carbonyl (C=O) groups is 1. The van der Waals surface area contributed by atoms with Gasteiger partial charge >= 0.3 is 6.18 Å². The zero-order valence-electron chi connectivity index (χ0n) is 11.6. The summed E-state index contributed by atoms with van der Waals surface area (Å²) in [6.07, 6.45) is -4.55. The Morgan fingerprint density at radius 1 is 1.00 bits per heavy atom. The standard InChI is InChI=1S/C16H14F3NO/c1-20(2)12-7-5-6-11(10-12)15(21)13-8-3-4-9-14(13)16(17,18)19/h3-10H,1-2H3. The van der Waals surface area contributed by atoms with Crippen LogP contribution in [-0.2, 0) is 6.18 Å². The van der Waals surface area contributed by atoms with E-state index in [0.717, 1.165) is 11.8 Å². The molecule has 110 valence electrons. The molecule has 21 heavy (non-hydrogen) atoms. The number of ketones is 1. The average Bonchev–Trinajstić information content (AvgIpc) is 2.45. The maximum atomic E-state index is 13.0. The minimum Gasteiger partial charge on any atom is -0.378 e. The number of hydrogen-bond donors (Lipinski definition) is 0. The topological polar surface area (TPSA) is 20.3 Å². The van der Waals surface area contributed by atoms with Crippen molar-refractivity contribution in [1.29, 1.82) is 0 Å². The molecule has 0 fully saturated rings. The van der Waals surface area contributed by atoms with E-state index < -0.39 is 17.5 Å². The maximum Gasteiger partial charge on any atom is 0.417 e. The van der Waals surface area contributed by atoms with Gasteiger partial charge in [0.1, 0.15) is 0 Å². The molecule has 0 spiro atoms. The van der Waals surface area contributed by atoms with E-state index >= 15 is 0 Å². The smallest absolute Gasteiger partial charge is 0.378 e. The van der Waals surface area contributed by atoms with Crippen molar-refractivity contribution in [3.63, 3.8) is 0 Å². The van der Waals surface area contributed by atoms with Crippen molar-refractivity contribution < 1.29 is 18.0 Å². The normalized spacial score (nSPS) is 11.3. The molecule has 0 atom stereocenters. The van der Waals surface area contributed by atoms with Gasteiger partial charge in [-0.05, 0) is 18.2 Å². The van der Waals surface area contributed by atoms with Gasteiger partial charge in [0.25, 0.3) is 0 Å². The summed E-state index contributed by atoms with van der Waals surface area (Å²) in [6, 6.07) is 11.4. The van der Waals surface area contributed by atoms with Crippen LogP contribution in [0.1, 0.15) is 21.5 Å². The van der Waals surface area contributed by atoms with E-state index in [1.54, 1.807) is 37.2 Å². The molecule has 0 saturated heterocycles. The summed E-state index contributed by atoms with van der Waals surface area (Å²) in [5.74, 6) is -0.633. The first-order valence-electron chi connectivity index (χ1n) is 6.29. The molecule has 0 bridgehead atoms. The molecule has 0 aromatic heterocycles. The van der Waals surface area contributed by atoms with Crippen LogP contribution in [0, 0.1) is 0 Å². The quantitative estimate of drug-likeness (QED) is 0.797. The second-order valence-corrected chi connectivity index (χ2v) is 4.82. The maximum absolute atomic E-state index is 13.0. The zero-order chi connectivity index (χ0) is 15.6. The molecular weight excluding hydrogens is 279 g/mol. The third kappa shape index (κ3) is 3.24. The van der Waals surface area contributed by atoms with Gasteiger partial charge in [0.2, 0.25) is 0 Å². The number of nitrogens with zero attached hydrogens (tertiary/aromatic N) is 1. The number of halogens is 3. The second-order valence-electron chi connectivity index (χ2n) is 4.82. The van der Waals surface area contributed by atoms with Gasteiger partial charge in [0.15, 0.2) is 5.78 Å². The largest absolute Gasteiger partial charge is 0.417 e. The van der Waals surface area contributed by atoms with Crippen LogP contribution < -0.4 is 4.90 Å². The van der Waals surface area contributed by atoms with Crippen LogP contribution in [-0.4, -0.2) is 19.9 Å². The molecule has 0 heterocycles. The van der Waals surface area contributed by atoms with Gasteiger partial charge in [-0.3, -0.25) is 4.79 Å². The van der Waals surface area contributed by atoms with E-state index in [2.05, 4.69) is 0 Å². The van der Waals surface area contributed by atoms with Crippen molar-refractivity contribution in [1.82, 2.24) is 0 Å². The van der Waals surface area contributed by atoms with Gasteiger partial charge in [-0.2, -0.15) is 13.2 Å². The van der Waals surface area contributed by atoms with E-state index in [1.165, 1.54) is 24.3 Å². The highest BCUT2D eigenvalue weighted by Gasteiger charge is 2.34. The van der Waals surface area contributed by atoms with Crippen LogP contribution in [0.15, 0.2) is 48.5 Å². The van der Waals surface area contributed by atoms with Crippen LogP contribution in [0.25, 0.3) is 0 Å². The Hall–Kier alpha value is -2.30. The van der Waals surface area contributed by atoms with Crippen molar-refractivity contribution >= 4 is 11.5 Å². The molecule has 2 aromatic carbocycles. The van der Waals surface area contributed by atoms with Crippen LogP contribution in [0.3, 0.4) is 0 Å². The van der Waals surface area contributed by atoms with Gasteiger partial charge in [0.05, 0.1) is 5.56 Å². The van der Waals surface area contributed by atoms with Gasteiger partial charge in [-0.25, -0.2) is 0 Å². The lowest BCUT2D eigenvalue weighted by Gasteiger charge is -2.15. The number of alkyl halides is 3. The molecule has 0 amide bonds. The Bertz CT molecular complexity index is 663. The van der Waals surface area contributed by atoms with Gasteiger partial charge < -0.3 is 4.90 Å². The second kappa shape index (κ2) is 5.60. The van der Waals surface area contributed by atoms with Crippen LogP contribution in [0.4, 0.5) is 18.9 Å². The molecule has 0 saturated carbocycles. The van der Waals surface area contributed by atoms with E-state index in [4.69, 9.17) is 0 Å². The summed E-state index contributed by atoms with van der Waals surface area (Å²) in [4.78, 5) is 14.2. The minimum absolute atomic E-state index is 0.234. The van der Waals surface area contributed by atoms with Crippen LogP contribution >= 0.6 is 0 Å². The Kier molecular flexibility index (Phi) is 4.02. The van der Waals surface area contributed by atoms with Gasteiger partial charge in [0, 0.05) is 30.9 Å². The molecular formula is C16H14F3NO.